The molecule has 1 heterocycles. The summed E-state index contributed by atoms with van der Waals surface area (Å²) in [6.45, 7) is 1.51. The standard InChI is InChI=1S/C27H21Cl3N2O4/c1-12(24(33)13-2-5-15(28)6-3-13)31(25(34)14-4-9-20(29)21(30)10-14)32-26(35)22-16-7-8-17(19-11-18(16)19)23(22)27(32)36/h2-10,12,16-19,22-23H,11H2,1H3/t12-,16+,17+,18+,19+,22-,23-/m1/s1. The van der Waals surface area contributed by atoms with Crippen LogP contribution in [-0.2, 0) is 9.59 Å². The lowest BCUT2D eigenvalue weighted by Crippen LogP contribution is -2.56. The summed E-state index contributed by atoms with van der Waals surface area (Å²) in [4.78, 5) is 55.0. The van der Waals surface area contributed by atoms with Gasteiger partial charge in [0.15, 0.2) is 5.78 Å². The molecule has 0 radical (unpaired) electrons. The van der Waals surface area contributed by atoms with Gasteiger partial charge in [-0.25, -0.2) is 5.01 Å². The van der Waals surface area contributed by atoms with Crippen molar-refractivity contribution in [3.8, 4) is 0 Å². The third-order valence-electron chi connectivity index (χ3n) is 8.10. The Morgan fingerprint density at radius 3 is 1.97 bits per heavy atom. The van der Waals surface area contributed by atoms with Gasteiger partial charge in [0.2, 0.25) is 0 Å². The van der Waals surface area contributed by atoms with Gasteiger partial charge in [-0.15, -0.1) is 0 Å². The Balaban J connectivity index is 1.41. The Kier molecular flexibility index (Phi) is 5.56. The molecule has 2 saturated carbocycles. The van der Waals surface area contributed by atoms with Crippen molar-refractivity contribution in [1.82, 2.24) is 10.0 Å². The Labute approximate surface area is 222 Å². The van der Waals surface area contributed by atoms with Crippen molar-refractivity contribution in [2.24, 2.45) is 35.5 Å². The maximum absolute atomic E-state index is 13.9. The second-order valence-corrected chi connectivity index (χ2v) is 11.2. The van der Waals surface area contributed by atoms with Crippen molar-refractivity contribution in [3.05, 3.63) is 80.8 Å². The van der Waals surface area contributed by atoms with Gasteiger partial charge in [-0.05, 0) is 79.5 Å². The molecule has 0 aromatic heterocycles. The zero-order valence-electron chi connectivity index (χ0n) is 19.1. The molecule has 3 amide bonds. The normalized spacial score (nSPS) is 30.2. The molecule has 5 aliphatic rings. The first-order valence-corrected chi connectivity index (χ1v) is 13.0. The molecule has 7 rings (SSSR count). The van der Waals surface area contributed by atoms with Gasteiger partial charge in [-0.1, -0.05) is 47.0 Å². The van der Waals surface area contributed by atoms with E-state index in [2.05, 4.69) is 12.2 Å². The first-order valence-electron chi connectivity index (χ1n) is 11.8. The summed E-state index contributed by atoms with van der Waals surface area (Å²) >= 11 is 18.2. The number of allylic oxidation sites excluding steroid dienone is 2. The zero-order valence-corrected chi connectivity index (χ0v) is 21.4. The number of imide groups is 1. The molecular weight excluding hydrogens is 523 g/mol. The van der Waals surface area contributed by atoms with Crippen LogP contribution in [0.2, 0.25) is 15.1 Å². The summed E-state index contributed by atoms with van der Waals surface area (Å²) in [5.41, 5.74) is 0.415. The molecule has 6 nitrogen and oxygen atoms in total. The van der Waals surface area contributed by atoms with Crippen LogP contribution in [0.25, 0.3) is 0 Å². The van der Waals surface area contributed by atoms with E-state index in [1.807, 2.05) is 0 Å². The molecule has 1 aliphatic heterocycles. The highest BCUT2D eigenvalue weighted by Crippen LogP contribution is 2.65. The van der Waals surface area contributed by atoms with Gasteiger partial charge in [0.05, 0.1) is 21.9 Å². The molecule has 9 heteroatoms. The van der Waals surface area contributed by atoms with Gasteiger partial charge in [-0.2, -0.15) is 5.01 Å². The fourth-order valence-electron chi connectivity index (χ4n) is 6.32. The van der Waals surface area contributed by atoms with E-state index in [1.54, 1.807) is 24.3 Å². The average molecular weight is 544 g/mol. The van der Waals surface area contributed by atoms with Crippen LogP contribution in [0.15, 0.2) is 54.6 Å². The number of carbonyl (C=O) groups is 4. The van der Waals surface area contributed by atoms with Crippen LogP contribution in [0.1, 0.15) is 34.1 Å². The van der Waals surface area contributed by atoms with Gasteiger partial charge in [0, 0.05) is 16.1 Å². The minimum atomic E-state index is -1.15. The molecule has 2 bridgehead atoms. The summed E-state index contributed by atoms with van der Waals surface area (Å²) in [6, 6.07) is 9.39. The lowest BCUT2D eigenvalue weighted by atomic mass is 9.63. The first kappa shape index (κ1) is 23.7. The topological polar surface area (TPSA) is 74.8 Å². The van der Waals surface area contributed by atoms with Crippen molar-refractivity contribution in [3.63, 3.8) is 0 Å². The molecule has 184 valence electrons. The maximum atomic E-state index is 13.9. The van der Waals surface area contributed by atoms with Crippen LogP contribution in [0.3, 0.4) is 0 Å². The summed E-state index contributed by atoms with van der Waals surface area (Å²) in [5, 5.41) is 2.79. The number of amides is 3. The first-order chi connectivity index (χ1) is 17.2. The molecular formula is C27H21Cl3N2O4. The zero-order chi connectivity index (χ0) is 25.5. The summed E-state index contributed by atoms with van der Waals surface area (Å²) in [7, 11) is 0. The molecule has 2 aromatic carbocycles. The number of hydrogen-bond acceptors (Lipinski definition) is 4. The van der Waals surface area contributed by atoms with E-state index in [4.69, 9.17) is 34.8 Å². The summed E-state index contributed by atoms with van der Waals surface area (Å²) < 4.78 is 0. The fraction of sp³-hybridized carbons (Fsp3) is 0.333. The molecule has 1 saturated heterocycles. The van der Waals surface area contributed by atoms with Crippen LogP contribution < -0.4 is 0 Å². The number of benzene rings is 2. The Hall–Kier alpha value is -2.67. The second kappa shape index (κ2) is 8.44. The van der Waals surface area contributed by atoms with Gasteiger partial charge >= 0.3 is 0 Å². The third kappa shape index (κ3) is 3.46. The molecule has 2 aromatic rings. The Morgan fingerprint density at radius 1 is 0.861 bits per heavy atom. The highest BCUT2D eigenvalue weighted by atomic mass is 35.5. The number of hydrazine groups is 1. The van der Waals surface area contributed by atoms with Crippen LogP contribution in [0, 0.1) is 35.5 Å². The predicted octanol–water partition coefficient (Wildman–Crippen LogP) is 5.33. The number of halogens is 3. The lowest BCUT2D eigenvalue weighted by molar-refractivity contribution is -0.156. The Morgan fingerprint density at radius 2 is 1.42 bits per heavy atom. The van der Waals surface area contributed by atoms with Gasteiger partial charge in [0.1, 0.15) is 6.04 Å². The number of ketones is 1. The molecule has 3 fully saturated rings. The van der Waals surface area contributed by atoms with Crippen molar-refractivity contribution in [1.29, 1.82) is 0 Å². The minimum Gasteiger partial charge on any atom is -0.292 e. The van der Waals surface area contributed by atoms with Crippen LogP contribution >= 0.6 is 34.8 Å². The Bertz CT molecular complexity index is 1320. The summed E-state index contributed by atoms with van der Waals surface area (Å²) in [6.07, 6.45) is 5.14. The van der Waals surface area contributed by atoms with E-state index in [0.717, 1.165) is 16.4 Å². The number of carbonyl (C=O) groups excluding carboxylic acids is 4. The monoisotopic (exact) mass is 542 g/mol. The number of Topliss-reactive ketones (excluding diaryl/α,β-unsaturated/α-hetero) is 1. The predicted molar refractivity (Wildman–Crippen MR) is 134 cm³/mol. The van der Waals surface area contributed by atoms with Crippen molar-refractivity contribution >= 4 is 58.3 Å². The van der Waals surface area contributed by atoms with Gasteiger partial charge < -0.3 is 0 Å². The molecule has 0 spiro atoms. The van der Waals surface area contributed by atoms with E-state index in [9.17, 15) is 19.2 Å². The number of nitrogens with zero attached hydrogens (tertiary/aromatic N) is 2. The average Bonchev–Trinajstić information content (AvgIpc) is 3.65. The minimum absolute atomic E-state index is 0.0179. The summed E-state index contributed by atoms with van der Waals surface area (Å²) in [5.74, 6) is -2.23. The van der Waals surface area contributed by atoms with E-state index >= 15 is 0 Å². The van der Waals surface area contributed by atoms with Crippen molar-refractivity contribution in [2.75, 3.05) is 0 Å². The van der Waals surface area contributed by atoms with E-state index in [-0.39, 0.29) is 27.4 Å². The number of hydrogen-bond donors (Lipinski definition) is 0. The fourth-order valence-corrected chi connectivity index (χ4v) is 6.75. The highest BCUT2D eigenvalue weighted by Gasteiger charge is 2.68. The maximum Gasteiger partial charge on any atom is 0.273 e. The van der Waals surface area contributed by atoms with E-state index < -0.39 is 41.4 Å². The van der Waals surface area contributed by atoms with E-state index in [1.165, 1.54) is 25.1 Å². The lowest BCUT2D eigenvalue weighted by Gasteiger charge is -2.37. The smallest absolute Gasteiger partial charge is 0.273 e. The van der Waals surface area contributed by atoms with Crippen molar-refractivity contribution in [2.45, 2.75) is 19.4 Å². The molecule has 4 aliphatic carbocycles. The highest BCUT2D eigenvalue weighted by molar-refractivity contribution is 6.42. The van der Waals surface area contributed by atoms with Crippen LogP contribution in [0.4, 0.5) is 0 Å². The van der Waals surface area contributed by atoms with E-state index in [0.29, 0.717) is 22.4 Å². The third-order valence-corrected chi connectivity index (χ3v) is 9.10. The molecule has 0 N–H and O–H groups in total. The van der Waals surface area contributed by atoms with Gasteiger partial charge in [0.25, 0.3) is 17.7 Å². The quantitative estimate of drug-likeness (QED) is 0.290. The van der Waals surface area contributed by atoms with Crippen LogP contribution in [-0.4, -0.2) is 39.6 Å². The van der Waals surface area contributed by atoms with Gasteiger partial charge in [-0.3, -0.25) is 19.2 Å². The SMILES string of the molecule is C[C@H](C(=O)c1ccc(Cl)cc1)N(C(=O)c1ccc(Cl)c(Cl)c1)N1C(=O)[C@@H]2[C@H]3C=C[C@@H]([C@@H]4C[C@@H]34)[C@H]2C1=O. The molecule has 36 heavy (non-hydrogen) atoms. The molecule has 7 atom stereocenters. The largest absolute Gasteiger partial charge is 0.292 e. The van der Waals surface area contributed by atoms with Crippen molar-refractivity contribution < 1.29 is 19.2 Å². The number of rotatable bonds is 5. The molecule has 0 unspecified atom stereocenters. The van der Waals surface area contributed by atoms with Crippen LogP contribution in [0.5, 0.6) is 0 Å². The second-order valence-electron chi connectivity index (χ2n) is 9.97.